The lowest BCUT2D eigenvalue weighted by Gasteiger charge is -1.97. The van der Waals surface area contributed by atoms with Gasteiger partial charge in [0.05, 0.1) is 6.21 Å². The Balaban J connectivity index is 2.00. The summed E-state index contributed by atoms with van der Waals surface area (Å²) in [5.74, 6) is 0.730. The van der Waals surface area contributed by atoms with Gasteiger partial charge in [0.1, 0.15) is 5.82 Å². The fourth-order valence-corrected chi connectivity index (χ4v) is 1.61. The maximum absolute atomic E-state index is 4.09. The molecule has 16 heavy (non-hydrogen) atoms. The lowest BCUT2D eigenvalue weighted by molar-refractivity contribution is 1.23. The average Bonchev–Trinajstić information content (AvgIpc) is 2.30. The molecule has 0 saturated carbocycles. The second-order valence-corrected chi connectivity index (χ2v) is 4.06. The topological polar surface area (TPSA) is 37.3 Å². The summed E-state index contributed by atoms with van der Waals surface area (Å²) >= 11 is 3.40. The highest BCUT2D eigenvalue weighted by atomic mass is 79.9. The van der Waals surface area contributed by atoms with Crippen LogP contribution in [0.2, 0.25) is 0 Å². The number of benzene rings is 1. The van der Waals surface area contributed by atoms with Gasteiger partial charge in [-0.15, -0.1) is 0 Å². The SMILES string of the molecule is Brc1cccc(C=NNc2ccccn2)c1. The highest BCUT2D eigenvalue weighted by Gasteiger charge is 1.89. The minimum Gasteiger partial charge on any atom is -0.261 e. The van der Waals surface area contributed by atoms with Crippen molar-refractivity contribution in [2.75, 3.05) is 5.43 Å². The van der Waals surface area contributed by atoms with Gasteiger partial charge in [-0.3, -0.25) is 5.43 Å². The van der Waals surface area contributed by atoms with Crippen LogP contribution in [0.5, 0.6) is 0 Å². The minimum absolute atomic E-state index is 0.730. The van der Waals surface area contributed by atoms with Gasteiger partial charge in [0.2, 0.25) is 0 Å². The van der Waals surface area contributed by atoms with E-state index in [1.54, 1.807) is 12.4 Å². The smallest absolute Gasteiger partial charge is 0.146 e. The van der Waals surface area contributed by atoms with E-state index in [0.29, 0.717) is 0 Å². The maximum atomic E-state index is 4.09. The minimum atomic E-state index is 0.730. The van der Waals surface area contributed by atoms with E-state index in [1.165, 1.54) is 0 Å². The van der Waals surface area contributed by atoms with Crippen LogP contribution in [-0.2, 0) is 0 Å². The third-order valence-electron chi connectivity index (χ3n) is 1.91. The van der Waals surface area contributed by atoms with Gasteiger partial charge in [-0.1, -0.05) is 34.1 Å². The summed E-state index contributed by atoms with van der Waals surface area (Å²) in [5, 5.41) is 4.09. The zero-order chi connectivity index (χ0) is 11.2. The monoisotopic (exact) mass is 275 g/mol. The summed E-state index contributed by atoms with van der Waals surface area (Å²) < 4.78 is 1.04. The van der Waals surface area contributed by atoms with Crippen molar-refractivity contribution < 1.29 is 0 Å². The van der Waals surface area contributed by atoms with Crippen LogP contribution < -0.4 is 5.43 Å². The molecule has 0 saturated heterocycles. The summed E-state index contributed by atoms with van der Waals surface area (Å²) in [5.41, 5.74) is 3.88. The Labute approximate surface area is 102 Å². The van der Waals surface area contributed by atoms with Gasteiger partial charge < -0.3 is 0 Å². The second-order valence-electron chi connectivity index (χ2n) is 3.14. The second kappa shape index (κ2) is 5.42. The lowest BCUT2D eigenvalue weighted by Crippen LogP contribution is -1.92. The molecule has 0 amide bonds. The number of halogens is 1. The largest absolute Gasteiger partial charge is 0.261 e. The van der Waals surface area contributed by atoms with Gasteiger partial charge >= 0.3 is 0 Å². The Kier molecular flexibility index (Phi) is 3.66. The van der Waals surface area contributed by atoms with Crippen LogP contribution in [0.25, 0.3) is 0 Å². The Hall–Kier alpha value is -1.68. The standard InChI is InChI=1S/C12H10BrN3/c13-11-5-3-4-10(8-11)9-15-16-12-6-1-2-7-14-12/h1-9H,(H,14,16). The summed E-state index contributed by atoms with van der Waals surface area (Å²) in [7, 11) is 0. The zero-order valence-electron chi connectivity index (χ0n) is 8.47. The number of hydrogen-bond donors (Lipinski definition) is 1. The van der Waals surface area contributed by atoms with E-state index < -0.39 is 0 Å². The van der Waals surface area contributed by atoms with Crippen LogP contribution in [0.15, 0.2) is 58.2 Å². The molecule has 0 unspecified atom stereocenters. The third-order valence-corrected chi connectivity index (χ3v) is 2.40. The first kappa shape index (κ1) is 10.8. The van der Waals surface area contributed by atoms with Gasteiger partial charge in [0.25, 0.3) is 0 Å². The van der Waals surface area contributed by atoms with Crippen LogP contribution in [0.1, 0.15) is 5.56 Å². The fraction of sp³-hybridized carbons (Fsp3) is 0. The first-order chi connectivity index (χ1) is 7.84. The molecule has 0 spiro atoms. The molecule has 2 aromatic rings. The van der Waals surface area contributed by atoms with E-state index in [0.717, 1.165) is 15.9 Å². The summed E-state index contributed by atoms with van der Waals surface area (Å²) in [6, 6.07) is 13.5. The molecule has 0 atom stereocenters. The number of hydrogen-bond acceptors (Lipinski definition) is 3. The van der Waals surface area contributed by atoms with E-state index in [2.05, 4.69) is 31.4 Å². The van der Waals surface area contributed by atoms with Crippen LogP contribution in [0.3, 0.4) is 0 Å². The molecule has 0 fully saturated rings. The highest BCUT2D eigenvalue weighted by Crippen LogP contribution is 2.10. The number of hydrazone groups is 1. The van der Waals surface area contributed by atoms with Crippen molar-refractivity contribution in [3.63, 3.8) is 0 Å². The molecule has 1 aromatic carbocycles. The number of nitrogens with zero attached hydrogens (tertiary/aromatic N) is 2. The van der Waals surface area contributed by atoms with E-state index in [-0.39, 0.29) is 0 Å². The molecule has 4 heteroatoms. The van der Waals surface area contributed by atoms with E-state index in [4.69, 9.17) is 0 Å². The average molecular weight is 276 g/mol. The third kappa shape index (κ3) is 3.17. The van der Waals surface area contributed by atoms with Gasteiger partial charge in [-0.05, 0) is 29.8 Å². The predicted molar refractivity (Wildman–Crippen MR) is 69.6 cm³/mol. The zero-order valence-corrected chi connectivity index (χ0v) is 10.1. The molecule has 0 aliphatic heterocycles. The first-order valence-corrected chi connectivity index (χ1v) is 5.59. The molecule has 3 nitrogen and oxygen atoms in total. The number of aromatic nitrogens is 1. The van der Waals surface area contributed by atoms with Crippen LogP contribution in [0.4, 0.5) is 5.82 Å². The molecule has 1 heterocycles. The van der Waals surface area contributed by atoms with E-state index in [1.807, 2.05) is 42.5 Å². The Morgan fingerprint density at radius 1 is 1.19 bits per heavy atom. The molecule has 80 valence electrons. The summed E-state index contributed by atoms with van der Waals surface area (Å²) in [6.07, 6.45) is 3.47. The number of rotatable bonds is 3. The molecule has 0 radical (unpaired) electrons. The van der Waals surface area contributed by atoms with E-state index >= 15 is 0 Å². The van der Waals surface area contributed by atoms with Crippen molar-refractivity contribution in [2.24, 2.45) is 5.10 Å². The van der Waals surface area contributed by atoms with Crippen LogP contribution in [0, 0.1) is 0 Å². The molecule has 1 N–H and O–H groups in total. The lowest BCUT2D eigenvalue weighted by atomic mass is 10.2. The number of pyridine rings is 1. The molecule has 0 aliphatic rings. The number of anilines is 1. The molecule has 2 rings (SSSR count). The maximum Gasteiger partial charge on any atom is 0.146 e. The Bertz CT molecular complexity index is 483. The normalized spacial score (nSPS) is 10.6. The van der Waals surface area contributed by atoms with Crippen molar-refractivity contribution in [1.82, 2.24) is 4.98 Å². The van der Waals surface area contributed by atoms with Crippen molar-refractivity contribution in [1.29, 1.82) is 0 Å². The summed E-state index contributed by atoms with van der Waals surface area (Å²) in [4.78, 5) is 4.09. The van der Waals surface area contributed by atoms with Crippen molar-refractivity contribution in [3.8, 4) is 0 Å². The Morgan fingerprint density at radius 2 is 2.12 bits per heavy atom. The van der Waals surface area contributed by atoms with Crippen molar-refractivity contribution in [3.05, 3.63) is 58.7 Å². The Morgan fingerprint density at radius 3 is 2.88 bits per heavy atom. The van der Waals surface area contributed by atoms with Gasteiger partial charge in [-0.2, -0.15) is 5.10 Å². The number of nitrogens with one attached hydrogen (secondary N) is 1. The summed E-state index contributed by atoms with van der Waals surface area (Å²) in [6.45, 7) is 0. The quantitative estimate of drug-likeness (QED) is 0.690. The van der Waals surface area contributed by atoms with Gasteiger partial charge in [0.15, 0.2) is 0 Å². The predicted octanol–water partition coefficient (Wildman–Crippen LogP) is 3.29. The molecule has 0 aliphatic carbocycles. The molecular weight excluding hydrogens is 266 g/mol. The fourth-order valence-electron chi connectivity index (χ4n) is 1.19. The first-order valence-electron chi connectivity index (χ1n) is 4.80. The molecule has 1 aromatic heterocycles. The van der Waals surface area contributed by atoms with E-state index in [9.17, 15) is 0 Å². The molecule has 0 bridgehead atoms. The van der Waals surface area contributed by atoms with Crippen LogP contribution >= 0.6 is 15.9 Å². The molecular formula is C12H10BrN3. The van der Waals surface area contributed by atoms with Gasteiger partial charge in [-0.25, -0.2) is 4.98 Å². The van der Waals surface area contributed by atoms with Crippen molar-refractivity contribution >= 4 is 28.0 Å². The van der Waals surface area contributed by atoms with Gasteiger partial charge in [0, 0.05) is 10.7 Å². The highest BCUT2D eigenvalue weighted by molar-refractivity contribution is 9.10. The van der Waals surface area contributed by atoms with Crippen molar-refractivity contribution in [2.45, 2.75) is 0 Å². The van der Waals surface area contributed by atoms with Crippen LogP contribution in [-0.4, -0.2) is 11.2 Å².